The number of hydrogen-bond acceptors (Lipinski definition) is 7. The zero-order chi connectivity index (χ0) is 14.7. The van der Waals surface area contributed by atoms with Gasteiger partial charge in [0.25, 0.3) is 11.4 Å². The van der Waals surface area contributed by atoms with E-state index < -0.39 is 9.85 Å². The molecule has 1 aromatic rings. The normalized spacial score (nSPS) is 18.9. The molecule has 1 heterocycles. The van der Waals surface area contributed by atoms with Gasteiger partial charge in [0.1, 0.15) is 5.69 Å². The monoisotopic (exact) mass is 282 g/mol. The lowest BCUT2D eigenvalue weighted by Crippen LogP contribution is -2.52. The van der Waals surface area contributed by atoms with E-state index in [0.29, 0.717) is 25.3 Å². The van der Waals surface area contributed by atoms with Gasteiger partial charge in [-0.3, -0.25) is 20.2 Å². The second-order valence-electron chi connectivity index (χ2n) is 4.47. The fraction of sp³-hybridized carbons (Fsp3) is 0.455. The molecule has 0 bridgehead atoms. The number of aliphatic hydroxyl groups excluding tert-OH is 1. The maximum absolute atomic E-state index is 11.1. The molecule has 0 aromatic heterocycles. The molecule has 9 heteroatoms. The van der Waals surface area contributed by atoms with Gasteiger partial charge in [-0.25, -0.2) is 0 Å². The smallest absolute Gasteiger partial charge is 0.299 e. The van der Waals surface area contributed by atoms with Crippen LogP contribution in [0, 0.1) is 20.2 Å². The molecule has 0 spiro atoms. The van der Waals surface area contributed by atoms with E-state index in [9.17, 15) is 20.2 Å². The Morgan fingerprint density at radius 2 is 2.10 bits per heavy atom. The highest BCUT2D eigenvalue weighted by atomic mass is 16.6. The van der Waals surface area contributed by atoms with Crippen molar-refractivity contribution in [1.82, 2.24) is 5.32 Å². The maximum atomic E-state index is 11.1. The molecule has 1 unspecified atom stereocenters. The predicted molar refractivity (Wildman–Crippen MR) is 70.8 cm³/mol. The van der Waals surface area contributed by atoms with Gasteiger partial charge in [0.15, 0.2) is 0 Å². The first kappa shape index (κ1) is 14.2. The van der Waals surface area contributed by atoms with Gasteiger partial charge >= 0.3 is 0 Å². The lowest BCUT2D eigenvalue weighted by Gasteiger charge is -2.34. The molecule has 2 rings (SSSR count). The van der Waals surface area contributed by atoms with Crippen molar-refractivity contribution in [1.29, 1.82) is 0 Å². The quantitative estimate of drug-likeness (QED) is 0.600. The highest BCUT2D eigenvalue weighted by molar-refractivity contribution is 5.67. The summed E-state index contributed by atoms with van der Waals surface area (Å²) in [5, 5.41) is 34.0. The summed E-state index contributed by atoms with van der Waals surface area (Å²) in [6.07, 6.45) is 0. The fourth-order valence-electron chi connectivity index (χ4n) is 2.21. The maximum Gasteiger partial charge on any atom is 0.299 e. The number of piperazine rings is 1. The Morgan fingerprint density at radius 3 is 2.70 bits per heavy atom. The third-order valence-corrected chi connectivity index (χ3v) is 3.18. The number of anilines is 1. The van der Waals surface area contributed by atoms with Crippen LogP contribution in [0.25, 0.3) is 0 Å². The van der Waals surface area contributed by atoms with Crippen LogP contribution in [-0.4, -0.2) is 47.2 Å². The number of nitrogens with one attached hydrogen (secondary N) is 1. The lowest BCUT2D eigenvalue weighted by atomic mass is 10.1. The molecule has 108 valence electrons. The molecule has 1 aromatic carbocycles. The van der Waals surface area contributed by atoms with Gasteiger partial charge in [-0.15, -0.1) is 0 Å². The van der Waals surface area contributed by atoms with Crippen molar-refractivity contribution in [3.8, 4) is 0 Å². The van der Waals surface area contributed by atoms with Crippen molar-refractivity contribution in [2.75, 3.05) is 31.1 Å². The van der Waals surface area contributed by atoms with E-state index in [4.69, 9.17) is 5.11 Å². The number of benzene rings is 1. The van der Waals surface area contributed by atoms with Crippen LogP contribution in [0.2, 0.25) is 0 Å². The second kappa shape index (κ2) is 5.80. The summed E-state index contributed by atoms with van der Waals surface area (Å²) < 4.78 is 0. The first-order valence-corrected chi connectivity index (χ1v) is 6.05. The molecule has 0 radical (unpaired) electrons. The number of nitro benzene ring substituents is 2. The molecule has 2 N–H and O–H groups in total. The van der Waals surface area contributed by atoms with Crippen molar-refractivity contribution in [2.24, 2.45) is 0 Å². The predicted octanol–water partition coefficient (Wildman–Crippen LogP) is 0.274. The SMILES string of the molecule is O=[N+]([O-])c1ccc(N2CCNC(CO)C2)c([N+](=O)[O-])c1. The van der Waals surface area contributed by atoms with Gasteiger partial charge in [0.2, 0.25) is 0 Å². The molecule has 0 aliphatic carbocycles. The van der Waals surface area contributed by atoms with Crippen molar-refractivity contribution < 1.29 is 15.0 Å². The molecule has 1 saturated heterocycles. The van der Waals surface area contributed by atoms with Gasteiger partial charge in [0.05, 0.1) is 22.5 Å². The van der Waals surface area contributed by atoms with Crippen molar-refractivity contribution >= 4 is 17.1 Å². The Hall–Kier alpha value is -2.26. The van der Waals surface area contributed by atoms with Gasteiger partial charge in [-0.05, 0) is 6.07 Å². The summed E-state index contributed by atoms with van der Waals surface area (Å²) in [7, 11) is 0. The van der Waals surface area contributed by atoms with Crippen LogP contribution >= 0.6 is 0 Å². The Kier molecular flexibility index (Phi) is 4.11. The van der Waals surface area contributed by atoms with Crippen LogP contribution in [0.5, 0.6) is 0 Å². The Bertz CT molecular complexity index is 536. The van der Waals surface area contributed by atoms with E-state index in [1.54, 1.807) is 4.90 Å². The van der Waals surface area contributed by atoms with E-state index >= 15 is 0 Å². The standard InChI is InChI=1S/C11H14N4O5/c16-7-8-6-13(4-3-12-8)10-2-1-9(14(17)18)5-11(10)15(19)20/h1-2,5,8,12,16H,3-4,6-7H2. The highest BCUT2D eigenvalue weighted by Gasteiger charge is 2.26. The third kappa shape index (κ3) is 2.83. The fourth-order valence-corrected chi connectivity index (χ4v) is 2.21. The van der Waals surface area contributed by atoms with Crippen LogP contribution in [0.1, 0.15) is 0 Å². The Morgan fingerprint density at radius 1 is 1.35 bits per heavy atom. The average molecular weight is 282 g/mol. The molecule has 20 heavy (non-hydrogen) atoms. The molecule has 0 saturated carbocycles. The van der Waals surface area contributed by atoms with Crippen LogP contribution in [0.4, 0.5) is 17.1 Å². The zero-order valence-corrected chi connectivity index (χ0v) is 10.6. The summed E-state index contributed by atoms with van der Waals surface area (Å²) in [5.74, 6) is 0. The van der Waals surface area contributed by atoms with Crippen molar-refractivity contribution in [3.63, 3.8) is 0 Å². The molecule has 9 nitrogen and oxygen atoms in total. The first-order valence-electron chi connectivity index (χ1n) is 6.05. The summed E-state index contributed by atoms with van der Waals surface area (Å²) in [5.41, 5.74) is -0.271. The average Bonchev–Trinajstić information content (AvgIpc) is 2.46. The summed E-state index contributed by atoms with van der Waals surface area (Å²) in [6, 6.07) is 3.43. The van der Waals surface area contributed by atoms with Crippen LogP contribution in [-0.2, 0) is 0 Å². The summed E-state index contributed by atoms with van der Waals surface area (Å²) >= 11 is 0. The molecule has 1 aliphatic rings. The minimum atomic E-state index is -0.662. The lowest BCUT2D eigenvalue weighted by molar-refractivity contribution is -0.393. The Labute approximate surface area is 114 Å². The van der Waals surface area contributed by atoms with E-state index in [1.807, 2.05) is 0 Å². The highest BCUT2D eigenvalue weighted by Crippen LogP contribution is 2.32. The summed E-state index contributed by atoms with van der Waals surface area (Å²) in [6.45, 7) is 1.46. The number of nitro groups is 2. The van der Waals surface area contributed by atoms with Crippen LogP contribution < -0.4 is 10.2 Å². The van der Waals surface area contributed by atoms with Gasteiger partial charge < -0.3 is 15.3 Å². The molecule has 1 fully saturated rings. The topological polar surface area (TPSA) is 122 Å². The number of hydrogen-bond donors (Lipinski definition) is 2. The number of aliphatic hydroxyl groups is 1. The van der Waals surface area contributed by atoms with Crippen molar-refractivity contribution in [3.05, 3.63) is 38.4 Å². The summed E-state index contributed by atoms with van der Waals surface area (Å²) in [4.78, 5) is 22.2. The van der Waals surface area contributed by atoms with E-state index in [1.165, 1.54) is 12.1 Å². The molecule has 0 amide bonds. The minimum Gasteiger partial charge on any atom is -0.395 e. The van der Waals surface area contributed by atoms with E-state index in [-0.39, 0.29) is 24.0 Å². The minimum absolute atomic E-state index is 0.0721. The van der Waals surface area contributed by atoms with Gasteiger partial charge in [-0.1, -0.05) is 0 Å². The molecular formula is C11H14N4O5. The number of non-ortho nitro benzene ring substituents is 1. The third-order valence-electron chi connectivity index (χ3n) is 3.18. The molecule has 1 aliphatic heterocycles. The number of rotatable bonds is 4. The zero-order valence-electron chi connectivity index (χ0n) is 10.6. The van der Waals surface area contributed by atoms with Crippen LogP contribution in [0.15, 0.2) is 18.2 Å². The molecular weight excluding hydrogens is 268 g/mol. The van der Waals surface area contributed by atoms with E-state index in [2.05, 4.69) is 5.32 Å². The van der Waals surface area contributed by atoms with E-state index in [0.717, 1.165) is 6.07 Å². The van der Waals surface area contributed by atoms with Crippen LogP contribution in [0.3, 0.4) is 0 Å². The first-order chi connectivity index (χ1) is 9.52. The van der Waals surface area contributed by atoms with Gasteiger partial charge in [0, 0.05) is 31.7 Å². The Balaban J connectivity index is 2.35. The van der Waals surface area contributed by atoms with Gasteiger partial charge in [-0.2, -0.15) is 0 Å². The second-order valence-corrected chi connectivity index (χ2v) is 4.47. The number of nitrogens with zero attached hydrogens (tertiary/aromatic N) is 3. The largest absolute Gasteiger partial charge is 0.395 e. The van der Waals surface area contributed by atoms with Crippen molar-refractivity contribution in [2.45, 2.75) is 6.04 Å². The molecule has 1 atom stereocenters.